The second-order valence-electron chi connectivity index (χ2n) is 8.64. The number of amides is 3. The number of pyridine rings is 1. The molecular weight excluding hydrogens is 444 g/mol. The van der Waals surface area contributed by atoms with Crippen molar-refractivity contribution in [3.63, 3.8) is 0 Å². The molecule has 6 nitrogen and oxygen atoms in total. The fraction of sp³-hybridized carbons (Fsp3) is 0.296. The first-order valence-corrected chi connectivity index (χ1v) is 12.5. The number of benzene rings is 2. The van der Waals surface area contributed by atoms with Crippen LogP contribution in [0.25, 0.3) is 0 Å². The van der Waals surface area contributed by atoms with Crippen molar-refractivity contribution in [2.45, 2.75) is 44.7 Å². The van der Waals surface area contributed by atoms with Gasteiger partial charge in [-0.05, 0) is 75.1 Å². The maximum Gasteiger partial charge on any atom is 0.326 e. The predicted octanol–water partition coefficient (Wildman–Crippen LogP) is 5.59. The van der Waals surface area contributed by atoms with Gasteiger partial charge in [0, 0.05) is 35.3 Å². The van der Waals surface area contributed by atoms with E-state index >= 15 is 0 Å². The Kier molecular flexibility index (Phi) is 7.53. The second-order valence-corrected chi connectivity index (χ2v) is 9.72. The van der Waals surface area contributed by atoms with Crippen LogP contribution in [-0.4, -0.2) is 35.3 Å². The third-order valence-electron chi connectivity index (χ3n) is 5.83. The molecule has 176 valence electrons. The van der Waals surface area contributed by atoms with Crippen LogP contribution in [0, 0.1) is 13.8 Å². The summed E-state index contributed by atoms with van der Waals surface area (Å²) in [4.78, 5) is 32.0. The van der Waals surface area contributed by atoms with Crippen LogP contribution in [0.3, 0.4) is 0 Å². The number of carbonyl (C=O) groups is 2. The van der Waals surface area contributed by atoms with Crippen LogP contribution in [0.5, 0.6) is 0 Å². The zero-order chi connectivity index (χ0) is 24.1. The molecule has 3 aromatic rings. The van der Waals surface area contributed by atoms with Crippen LogP contribution in [-0.2, 0) is 6.42 Å². The smallest absolute Gasteiger partial charge is 0.326 e. The van der Waals surface area contributed by atoms with E-state index in [1.165, 1.54) is 5.56 Å². The molecule has 0 saturated heterocycles. The number of aryl methyl sites for hydroxylation is 3. The Morgan fingerprint density at radius 2 is 1.82 bits per heavy atom. The van der Waals surface area contributed by atoms with Gasteiger partial charge in [0.05, 0.1) is 5.69 Å². The Bertz CT molecular complexity index is 1170. The summed E-state index contributed by atoms with van der Waals surface area (Å²) in [6, 6.07) is 19.1. The number of anilines is 2. The third kappa shape index (κ3) is 5.78. The molecule has 2 N–H and O–H groups in total. The SMILES string of the molecule is Cc1cc(C)c2c(n1)SCCN2C(=O)Nc1ccc(C(=O)NC(C)CCc2ccccc2)cc1. The van der Waals surface area contributed by atoms with E-state index in [1.54, 1.807) is 40.9 Å². The number of rotatable bonds is 6. The van der Waals surface area contributed by atoms with Crippen LogP contribution >= 0.6 is 11.8 Å². The minimum Gasteiger partial charge on any atom is -0.350 e. The summed E-state index contributed by atoms with van der Waals surface area (Å²) < 4.78 is 0. The van der Waals surface area contributed by atoms with E-state index in [1.807, 2.05) is 45.0 Å². The summed E-state index contributed by atoms with van der Waals surface area (Å²) in [6.45, 7) is 6.61. The molecule has 1 unspecified atom stereocenters. The van der Waals surface area contributed by atoms with Crippen molar-refractivity contribution in [1.82, 2.24) is 10.3 Å². The number of thioether (sulfide) groups is 1. The minimum atomic E-state index is -0.193. The number of hydrogen-bond acceptors (Lipinski definition) is 4. The topological polar surface area (TPSA) is 74.3 Å². The van der Waals surface area contributed by atoms with Crippen LogP contribution < -0.4 is 15.5 Å². The highest BCUT2D eigenvalue weighted by Gasteiger charge is 2.26. The van der Waals surface area contributed by atoms with Crippen molar-refractivity contribution in [1.29, 1.82) is 0 Å². The van der Waals surface area contributed by atoms with Gasteiger partial charge in [-0.15, -0.1) is 11.8 Å². The third-order valence-corrected chi connectivity index (χ3v) is 6.78. The number of nitrogens with one attached hydrogen (secondary N) is 2. The van der Waals surface area contributed by atoms with Crippen LogP contribution in [0.4, 0.5) is 16.2 Å². The van der Waals surface area contributed by atoms with Crippen molar-refractivity contribution < 1.29 is 9.59 Å². The molecule has 0 fully saturated rings. The number of fused-ring (bicyclic) bond motifs is 1. The van der Waals surface area contributed by atoms with E-state index in [0.29, 0.717) is 17.8 Å². The number of carbonyl (C=O) groups excluding carboxylic acids is 2. The van der Waals surface area contributed by atoms with E-state index < -0.39 is 0 Å². The van der Waals surface area contributed by atoms with E-state index in [2.05, 4.69) is 27.8 Å². The quantitative estimate of drug-likeness (QED) is 0.488. The standard InChI is InChI=1S/C27H30N4O2S/c1-18-17-20(3)29-26-24(18)31(15-16-34-26)27(33)30-23-13-11-22(12-14-23)25(32)28-19(2)9-10-21-7-5-4-6-8-21/h4-8,11-14,17,19H,9-10,15-16H2,1-3H3,(H,28,32)(H,30,33). The lowest BCUT2D eigenvalue weighted by molar-refractivity contribution is 0.0938. The number of nitrogens with zero attached hydrogens (tertiary/aromatic N) is 2. The lowest BCUT2D eigenvalue weighted by atomic mass is 10.1. The molecule has 1 aromatic heterocycles. The Balaban J connectivity index is 1.34. The fourth-order valence-electron chi connectivity index (χ4n) is 4.08. The van der Waals surface area contributed by atoms with Gasteiger partial charge in [-0.1, -0.05) is 30.3 Å². The average molecular weight is 475 g/mol. The minimum absolute atomic E-state index is 0.0598. The number of urea groups is 1. The zero-order valence-electron chi connectivity index (χ0n) is 19.8. The molecule has 2 heterocycles. The highest BCUT2D eigenvalue weighted by Crippen LogP contribution is 2.36. The first-order chi connectivity index (χ1) is 16.4. The molecule has 4 rings (SSSR count). The first-order valence-electron chi connectivity index (χ1n) is 11.5. The van der Waals surface area contributed by atoms with Gasteiger partial charge in [0.25, 0.3) is 5.91 Å². The molecule has 0 radical (unpaired) electrons. The largest absolute Gasteiger partial charge is 0.350 e. The van der Waals surface area contributed by atoms with Crippen LogP contribution in [0.2, 0.25) is 0 Å². The molecule has 7 heteroatoms. The summed E-state index contributed by atoms with van der Waals surface area (Å²) in [5.74, 6) is 0.690. The van der Waals surface area contributed by atoms with E-state index in [4.69, 9.17) is 0 Å². The number of aromatic nitrogens is 1. The highest BCUT2D eigenvalue weighted by atomic mass is 32.2. The van der Waals surface area contributed by atoms with Gasteiger partial charge in [0.15, 0.2) is 0 Å². The van der Waals surface area contributed by atoms with Gasteiger partial charge >= 0.3 is 6.03 Å². The molecule has 0 aliphatic carbocycles. The monoisotopic (exact) mass is 474 g/mol. The Labute approximate surface area is 205 Å². The maximum absolute atomic E-state index is 13.0. The molecular formula is C27H30N4O2S. The molecule has 1 aliphatic rings. The first kappa shape index (κ1) is 23.8. The normalized spacial score (nSPS) is 13.7. The Morgan fingerprint density at radius 3 is 2.56 bits per heavy atom. The van der Waals surface area contributed by atoms with Crippen molar-refractivity contribution in [2.75, 3.05) is 22.5 Å². The van der Waals surface area contributed by atoms with Gasteiger partial charge in [0.1, 0.15) is 5.03 Å². The van der Waals surface area contributed by atoms with Gasteiger partial charge < -0.3 is 10.6 Å². The van der Waals surface area contributed by atoms with Gasteiger partial charge in [-0.2, -0.15) is 0 Å². The van der Waals surface area contributed by atoms with Crippen molar-refractivity contribution >= 4 is 35.1 Å². The van der Waals surface area contributed by atoms with E-state index in [-0.39, 0.29) is 18.0 Å². The van der Waals surface area contributed by atoms with Crippen LogP contribution in [0.15, 0.2) is 65.7 Å². The van der Waals surface area contributed by atoms with Crippen LogP contribution in [0.1, 0.15) is 40.5 Å². The number of hydrogen-bond donors (Lipinski definition) is 2. The lowest BCUT2D eigenvalue weighted by Gasteiger charge is -2.30. The zero-order valence-corrected chi connectivity index (χ0v) is 20.6. The van der Waals surface area contributed by atoms with Gasteiger partial charge in [0.2, 0.25) is 0 Å². The molecule has 1 aliphatic heterocycles. The lowest BCUT2D eigenvalue weighted by Crippen LogP contribution is -2.39. The molecule has 34 heavy (non-hydrogen) atoms. The molecule has 0 spiro atoms. The summed E-state index contributed by atoms with van der Waals surface area (Å²) in [6.07, 6.45) is 1.78. The highest BCUT2D eigenvalue weighted by molar-refractivity contribution is 7.99. The van der Waals surface area contributed by atoms with Crippen molar-refractivity contribution in [3.8, 4) is 0 Å². The summed E-state index contributed by atoms with van der Waals surface area (Å²) >= 11 is 1.68. The van der Waals surface area contributed by atoms with Gasteiger partial charge in [-0.3, -0.25) is 9.69 Å². The molecule has 1 atom stereocenters. The Hall–Kier alpha value is -3.32. The summed E-state index contributed by atoms with van der Waals surface area (Å²) in [5, 5.41) is 6.91. The molecule has 0 saturated carbocycles. The molecule has 2 aromatic carbocycles. The van der Waals surface area contributed by atoms with Crippen molar-refractivity contribution in [2.24, 2.45) is 0 Å². The summed E-state index contributed by atoms with van der Waals surface area (Å²) in [5.41, 5.74) is 5.35. The molecule has 3 amide bonds. The molecule has 0 bridgehead atoms. The van der Waals surface area contributed by atoms with Crippen molar-refractivity contribution in [3.05, 3.63) is 83.0 Å². The Morgan fingerprint density at radius 1 is 1.09 bits per heavy atom. The fourth-order valence-corrected chi connectivity index (χ4v) is 5.16. The summed E-state index contributed by atoms with van der Waals surface area (Å²) in [7, 11) is 0. The second kappa shape index (κ2) is 10.7. The maximum atomic E-state index is 13.0. The van der Waals surface area contributed by atoms with Gasteiger partial charge in [-0.25, -0.2) is 9.78 Å². The average Bonchev–Trinajstić information content (AvgIpc) is 2.83. The van der Waals surface area contributed by atoms with E-state index in [0.717, 1.165) is 40.6 Å². The van der Waals surface area contributed by atoms with E-state index in [9.17, 15) is 9.59 Å². The predicted molar refractivity (Wildman–Crippen MR) is 139 cm³/mol.